The molecule has 0 atom stereocenters. The van der Waals surface area contributed by atoms with Gasteiger partial charge in [0.05, 0.1) is 10.7 Å². The van der Waals surface area contributed by atoms with Crippen molar-refractivity contribution in [3.63, 3.8) is 0 Å². The molecule has 0 aromatic heterocycles. The van der Waals surface area contributed by atoms with E-state index in [9.17, 15) is 14.4 Å². The Kier molecular flexibility index (Phi) is 8.77. The van der Waals surface area contributed by atoms with Gasteiger partial charge in [-0.05, 0) is 54.4 Å². The zero-order valence-electron chi connectivity index (χ0n) is 20.5. The maximum absolute atomic E-state index is 13.5. The average molecular weight is 520 g/mol. The van der Waals surface area contributed by atoms with Crippen molar-refractivity contribution in [2.24, 2.45) is 0 Å². The summed E-state index contributed by atoms with van der Waals surface area (Å²) in [5.74, 6) is -0.498. The van der Waals surface area contributed by atoms with Crippen LogP contribution in [0, 0.1) is 0 Å². The minimum Gasteiger partial charge on any atom is -0.398 e. The van der Waals surface area contributed by atoms with Gasteiger partial charge >= 0.3 is 0 Å². The number of halogens is 1. The molecule has 1 heterocycles. The predicted octanol–water partition coefficient (Wildman–Crippen LogP) is 3.52. The summed E-state index contributed by atoms with van der Waals surface area (Å²) in [5, 5.41) is 2.93. The number of amides is 3. The molecule has 0 saturated carbocycles. The first-order valence-electron chi connectivity index (χ1n) is 12.2. The first-order valence-corrected chi connectivity index (χ1v) is 12.5. The van der Waals surface area contributed by atoms with E-state index in [1.807, 2.05) is 18.2 Å². The molecule has 3 aromatic carbocycles. The van der Waals surface area contributed by atoms with E-state index in [0.29, 0.717) is 41.5 Å². The summed E-state index contributed by atoms with van der Waals surface area (Å²) < 4.78 is 0. The van der Waals surface area contributed by atoms with Crippen molar-refractivity contribution in [3.05, 3.63) is 88.9 Å². The molecule has 1 saturated heterocycles. The molecule has 3 amide bonds. The van der Waals surface area contributed by atoms with Gasteiger partial charge in [-0.25, -0.2) is 0 Å². The van der Waals surface area contributed by atoms with Gasteiger partial charge in [-0.3, -0.25) is 24.2 Å². The van der Waals surface area contributed by atoms with Crippen LogP contribution >= 0.6 is 11.6 Å². The van der Waals surface area contributed by atoms with E-state index in [-0.39, 0.29) is 24.0 Å². The molecule has 37 heavy (non-hydrogen) atoms. The van der Waals surface area contributed by atoms with Crippen molar-refractivity contribution >= 4 is 46.9 Å². The van der Waals surface area contributed by atoms with Crippen LogP contribution in [0.1, 0.15) is 15.9 Å². The number of hydrogen-bond acceptors (Lipinski definition) is 5. The standard InChI is InChI=1S/C28H30ClN5O3/c29-25-11-6-22(18-26(25)30)28(37)34(24-9-7-23(8-10-24)31-20-35)19-27(36)33-16-14-32(15-17-33)13-12-21-4-2-1-3-5-21/h1-11,18,20H,12-17,19,30H2,(H,31,35). The lowest BCUT2D eigenvalue weighted by Gasteiger charge is -2.36. The first kappa shape index (κ1) is 26.2. The summed E-state index contributed by atoms with van der Waals surface area (Å²) in [6, 6.07) is 21.8. The van der Waals surface area contributed by atoms with E-state index < -0.39 is 0 Å². The SMILES string of the molecule is Nc1cc(C(=O)N(CC(=O)N2CCN(CCc3ccccc3)CC2)c2ccc(NC=O)cc2)ccc1Cl. The minimum atomic E-state index is -0.366. The van der Waals surface area contributed by atoms with Gasteiger partial charge in [0.2, 0.25) is 12.3 Å². The van der Waals surface area contributed by atoms with Gasteiger partial charge in [-0.2, -0.15) is 0 Å². The molecular formula is C28H30ClN5O3. The largest absolute Gasteiger partial charge is 0.398 e. The van der Waals surface area contributed by atoms with E-state index in [4.69, 9.17) is 17.3 Å². The molecule has 9 heteroatoms. The van der Waals surface area contributed by atoms with Crippen LogP contribution in [0.15, 0.2) is 72.8 Å². The Bertz CT molecular complexity index is 1230. The van der Waals surface area contributed by atoms with E-state index in [1.165, 1.54) is 16.5 Å². The van der Waals surface area contributed by atoms with Crippen LogP contribution in [0.2, 0.25) is 5.02 Å². The fourth-order valence-corrected chi connectivity index (χ4v) is 4.42. The lowest BCUT2D eigenvalue weighted by Crippen LogP contribution is -2.52. The highest BCUT2D eigenvalue weighted by Gasteiger charge is 2.26. The Morgan fingerprint density at radius 1 is 0.973 bits per heavy atom. The third-order valence-electron chi connectivity index (χ3n) is 6.47. The highest BCUT2D eigenvalue weighted by molar-refractivity contribution is 6.33. The number of nitrogens with one attached hydrogen (secondary N) is 1. The van der Waals surface area contributed by atoms with Gasteiger partial charge in [0, 0.05) is 49.7 Å². The third kappa shape index (κ3) is 6.87. The van der Waals surface area contributed by atoms with Gasteiger partial charge in [-0.15, -0.1) is 0 Å². The number of nitrogens with zero attached hydrogens (tertiary/aromatic N) is 3. The maximum atomic E-state index is 13.5. The van der Waals surface area contributed by atoms with Crippen molar-refractivity contribution in [3.8, 4) is 0 Å². The Balaban J connectivity index is 1.43. The van der Waals surface area contributed by atoms with Crippen molar-refractivity contribution in [1.29, 1.82) is 0 Å². The van der Waals surface area contributed by atoms with Crippen LogP contribution in [-0.4, -0.2) is 67.3 Å². The number of carbonyl (C=O) groups is 3. The molecule has 0 unspecified atom stereocenters. The van der Waals surface area contributed by atoms with E-state index >= 15 is 0 Å². The van der Waals surface area contributed by atoms with Crippen LogP contribution in [0.3, 0.4) is 0 Å². The van der Waals surface area contributed by atoms with Gasteiger partial charge in [-0.1, -0.05) is 41.9 Å². The molecule has 1 aliphatic rings. The topological polar surface area (TPSA) is 99.0 Å². The van der Waals surface area contributed by atoms with Gasteiger partial charge in [0.15, 0.2) is 0 Å². The second-order valence-electron chi connectivity index (χ2n) is 8.89. The Hall–Kier alpha value is -3.88. The highest BCUT2D eigenvalue weighted by atomic mass is 35.5. The molecule has 0 aliphatic carbocycles. The zero-order valence-corrected chi connectivity index (χ0v) is 21.2. The Labute approximate surface area is 221 Å². The number of hydrogen-bond donors (Lipinski definition) is 2. The maximum Gasteiger partial charge on any atom is 0.258 e. The fourth-order valence-electron chi connectivity index (χ4n) is 4.31. The Morgan fingerprint density at radius 3 is 2.32 bits per heavy atom. The average Bonchev–Trinajstić information content (AvgIpc) is 2.93. The first-order chi connectivity index (χ1) is 17.9. The van der Waals surface area contributed by atoms with E-state index in [0.717, 1.165) is 26.1 Å². The fraction of sp³-hybridized carbons (Fsp3) is 0.250. The molecule has 4 rings (SSSR count). The highest BCUT2D eigenvalue weighted by Crippen LogP contribution is 2.24. The lowest BCUT2D eigenvalue weighted by atomic mass is 10.1. The summed E-state index contributed by atoms with van der Waals surface area (Å²) >= 11 is 6.03. The van der Waals surface area contributed by atoms with Crippen molar-refractivity contribution < 1.29 is 14.4 Å². The summed E-state index contributed by atoms with van der Waals surface area (Å²) in [6.07, 6.45) is 1.55. The molecule has 1 fully saturated rings. The van der Waals surface area contributed by atoms with Crippen molar-refractivity contribution in [2.75, 3.05) is 55.2 Å². The van der Waals surface area contributed by atoms with Crippen molar-refractivity contribution in [2.45, 2.75) is 6.42 Å². The van der Waals surface area contributed by atoms with Gasteiger partial charge in [0.25, 0.3) is 5.91 Å². The smallest absolute Gasteiger partial charge is 0.258 e. The molecule has 3 N–H and O–H groups in total. The minimum absolute atomic E-state index is 0.119. The lowest BCUT2D eigenvalue weighted by molar-refractivity contribution is -0.131. The number of anilines is 3. The number of piperazine rings is 1. The summed E-state index contributed by atoms with van der Waals surface area (Å²) in [5.41, 5.74) is 8.95. The monoisotopic (exact) mass is 519 g/mol. The van der Waals surface area contributed by atoms with Gasteiger partial charge < -0.3 is 16.0 Å². The van der Waals surface area contributed by atoms with Crippen LogP contribution in [-0.2, 0) is 16.0 Å². The molecule has 3 aromatic rings. The molecule has 192 valence electrons. The molecule has 0 spiro atoms. The normalized spacial score (nSPS) is 13.7. The number of benzene rings is 3. The molecule has 1 aliphatic heterocycles. The van der Waals surface area contributed by atoms with Crippen molar-refractivity contribution in [1.82, 2.24) is 9.80 Å². The van der Waals surface area contributed by atoms with E-state index in [2.05, 4.69) is 22.3 Å². The predicted molar refractivity (Wildman–Crippen MR) is 147 cm³/mol. The Morgan fingerprint density at radius 2 is 1.68 bits per heavy atom. The molecule has 0 bridgehead atoms. The van der Waals surface area contributed by atoms with Crippen LogP contribution < -0.4 is 16.0 Å². The summed E-state index contributed by atoms with van der Waals surface area (Å²) in [4.78, 5) is 43.1. The summed E-state index contributed by atoms with van der Waals surface area (Å²) in [7, 11) is 0. The number of nitrogens with two attached hydrogens (primary N) is 1. The number of nitrogen functional groups attached to an aromatic ring is 1. The summed E-state index contributed by atoms with van der Waals surface area (Å²) in [6.45, 7) is 3.59. The molecule has 0 radical (unpaired) electrons. The molecular weight excluding hydrogens is 490 g/mol. The quantitative estimate of drug-likeness (QED) is 0.333. The van der Waals surface area contributed by atoms with Crippen LogP contribution in [0.5, 0.6) is 0 Å². The second-order valence-corrected chi connectivity index (χ2v) is 9.30. The number of carbonyl (C=O) groups excluding carboxylic acids is 3. The zero-order chi connectivity index (χ0) is 26.2. The van der Waals surface area contributed by atoms with Gasteiger partial charge in [0.1, 0.15) is 6.54 Å². The third-order valence-corrected chi connectivity index (χ3v) is 6.81. The van der Waals surface area contributed by atoms with Crippen LogP contribution in [0.25, 0.3) is 0 Å². The van der Waals surface area contributed by atoms with Crippen LogP contribution in [0.4, 0.5) is 17.1 Å². The van der Waals surface area contributed by atoms with E-state index in [1.54, 1.807) is 41.3 Å². The molecule has 8 nitrogen and oxygen atoms in total. The number of rotatable bonds is 9. The second kappa shape index (κ2) is 12.4.